The number of aromatic nitrogens is 1. The third-order valence-electron chi connectivity index (χ3n) is 6.56. The molecule has 8 nitrogen and oxygen atoms in total. The maximum atomic E-state index is 12.9. The number of rotatable bonds is 8. The van der Waals surface area contributed by atoms with Crippen molar-refractivity contribution in [1.82, 2.24) is 0 Å². The van der Waals surface area contributed by atoms with E-state index in [-0.39, 0.29) is 11.6 Å². The lowest BCUT2D eigenvalue weighted by molar-refractivity contribution is -0.907. The minimum absolute atomic E-state index is 0.0243. The number of carbonyl (C=O) groups is 1. The molecule has 0 unspecified atom stereocenters. The van der Waals surface area contributed by atoms with Gasteiger partial charge in [0.1, 0.15) is 5.75 Å². The van der Waals surface area contributed by atoms with E-state index in [1.807, 2.05) is 6.92 Å². The fraction of sp³-hybridized carbons (Fsp3) is 0.480. The van der Waals surface area contributed by atoms with Crippen molar-refractivity contribution < 1.29 is 24.2 Å². The van der Waals surface area contributed by atoms with Gasteiger partial charge in [-0.15, -0.1) is 0 Å². The van der Waals surface area contributed by atoms with Crippen molar-refractivity contribution in [3.8, 4) is 11.6 Å². The van der Waals surface area contributed by atoms with Crippen LogP contribution in [0.3, 0.4) is 0 Å². The smallest absolute Gasteiger partial charge is 0.417 e. The quantitative estimate of drug-likeness (QED) is 0.243. The van der Waals surface area contributed by atoms with Gasteiger partial charge in [0.25, 0.3) is 0 Å². The third-order valence-corrected chi connectivity index (χ3v) is 6.56. The zero-order valence-electron chi connectivity index (χ0n) is 19.3. The molecule has 1 heterocycles. The average Bonchev–Trinajstić information content (AvgIpc) is 3.66. The van der Waals surface area contributed by atoms with E-state index in [4.69, 9.17) is 20.2 Å². The van der Waals surface area contributed by atoms with Crippen LogP contribution >= 0.6 is 0 Å². The molecule has 2 aliphatic rings. The largest absolute Gasteiger partial charge is 0.492 e. The highest BCUT2D eigenvalue weighted by molar-refractivity contribution is 6.04. The molecule has 0 aliphatic heterocycles. The third kappa shape index (κ3) is 5.38. The number of carbonyl (C=O) groups excluding carboxylic acids is 1. The van der Waals surface area contributed by atoms with Crippen molar-refractivity contribution in [3.05, 3.63) is 41.6 Å². The molecular formula is C25H33N4O4+. The first-order valence-electron chi connectivity index (χ1n) is 11.7. The van der Waals surface area contributed by atoms with Crippen LogP contribution in [0.2, 0.25) is 0 Å². The number of hydrogen-bond donors (Lipinski definition) is 3. The first-order valence-corrected chi connectivity index (χ1v) is 11.7. The minimum atomic E-state index is -0.511. The van der Waals surface area contributed by atoms with Crippen LogP contribution < -0.4 is 25.3 Å². The fourth-order valence-corrected chi connectivity index (χ4v) is 4.57. The average molecular weight is 454 g/mol. The Balaban J connectivity index is 1.52. The Labute approximate surface area is 194 Å². The Kier molecular flexibility index (Phi) is 7.01. The maximum absolute atomic E-state index is 12.9. The van der Waals surface area contributed by atoms with Crippen LogP contribution in [-0.2, 0) is 0 Å². The summed E-state index contributed by atoms with van der Waals surface area (Å²) in [5.74, 6) is 1.94. The molecule has 2 aliphatic carbocycles. The van der Waals surface area contributed by atoms with E-state index in [9.17, 15) is 10.0 Å². The van der Waals surface area contributed by atoms with Gasteiger partial charge in [-0.2, -0.15) is 0 Å². The lowest BCUT2D eigenvalue weighted by atomic mass is 9.83. The number of amides is 1. The number of methoxy groups -OCH3 is 1. The van der Waals surface area contributed by atoms with Crippen molar-refractivity contribution in [3.63, 3.8) is 0 Å². The SMILES string of the molecule is CCOc1cc(N)c(C=NC2CCC(C3CC3)CC2)cc1NC(=O)c1cccc(OC)[n+]1O. The number of anilines is 2. The zero-order chi connectivity index (χ0) is 23.4. The summed E-state index contributed by atoms with van der Waals surface area (Å²) in [6, 6.07) is 8.45. The van der Waals surface area contributed by atoms with Crippen LogP contribution in [0.4, 0.5) is 11.4 Å². The van der Waals surface area contributed by atoms with Gasteiger partial charge in [0.15, 0.2) is 0 Å². The van der Waals surface area contributed by atoms with E-state index < -0.39 is 5.91 Å². The standard InChI is InChI=1S/C25H32N4O4/c1-3-33-23-14-20(26)18(15-27-19-11-9-17(10-12-19)16-7-8-16)13-21(23)28-25(30)22-5-4-6-24(32-2)29(22)31/h4-6,13-17,19,26,30-31H,3,7-12H2,1-2H3/p+1. The molecule has 1 aromatic heterocycles. The Bertz CT molecular complexity index is 1030. The van der Waals surface area contributed by atoms with Crippen molar-refractivity contribution >= 4 is 23.5 Å². The highest BCUT2D eigenvalue weighted by atomic mass is 16.5. The molecule has 176 valence electrons. The predicted octanol–water partition coefficient (Wildman–Crippen LogP) is 3.84. The predicted molar refractivity (Wildman–Crippen MR) is 126 cm³/mol. The molecule has 4 N–H and O–H groups in total. The van der Waals surface area contributed by atoms with Crippen molar-refractivity contribution in [2.45, 2.75) is 51.5 Å². The van der Waals surface area contributed by atoms with Crippen LogP contribution in [0.5, 0.6) is 11.6 Å². The summed E-state index contributed by atoms with van der Waals surface area (Å²) < 4.78 is 11.5. The van der Waals surface area contributed by atoms with E-state index >= 15 is 0 Å². The van der Waals surface area contributed by atoms with Gasteiger partial charge in [0.2, 0.25) is 0 Å². The number of nitrogen functional groups attached to an aromatic ring is 1. The number of hydrogen-bond acceptors (Lipinski definition) is 6. The first kappa shape index (κ1) is 22.9. The molecule has 33 heavy (non-hydrogen) atoms. The van der Waals surface area contributed by atoms with Gasteiger partial charge in [-0.1, -0.05) is 0 Å². The lowest BCUT2D eigenvalue weighted by Gasteiger charge is -2.26. The summed E-state index contributed by atoms with van der Waals surface area (Å²) in [7, 11) is 1.42. The molecule has 1 amide bonds. The van der Waals surface area contributed by atoms with Crippen molar-refractivity contribution in [2.75, 3.05) is 24.8 Å². The highest BCUT2D eigenvalue weighted by Crippen LogP contribution is 2.44. The second-order valence-corrected chi connectivity index (χ2v) is 8.81. The number of nitrogens with zero attached hydrogens (tertiary/aromatic N) is 2. The van der Waals surface area contributed by atoms with Crippen LogP contribution in [0.1, 0.15) is 61.5 Å². The summed E-state index contributed by atoms with van der Waals surface area (Å²) in [5, 5.41) is 13.1. The van der Waals surface area contributed by atoms with Gasteiger partial charge in [-0.25, -0.2) is 0 Å². The van der Waals surface area contributed by atoms with E-state index in [0.717, 1.165) is 30.2 Å². The molecule has 2 fully saturated rings. The molecule has 8 heteroatoms. The molecule has 2 saturated carbocycles. The lowest BCUT2D eigenvalue weighted by Crippen LogP contribution is -2.40. The molecular weight excluding hydrogens is 420 g/mol. The molecule has 0 radical (unpaired) electrons. The Morgan fingerprint density at radius 3 is 2.55 bits per heavy atom. The molecule has 4 rings (SSSR count). The number of nitrogens with two attached hydrogens (primary N) is 1. The summed E-state index contributed by atoms with van der Waals surface area (Å²) >= 11 is 0. The van der Waals surface area contributed by atoms with Gasteiger partial charge < -0.3 is 20.5 Å². The molecule has 0 saturated heterocycles. The summed E-state index contributed by atoms with van der Waals surface area (Å²) in [6.07, 6.45) is 9.36. The van der Waals surface area contributed by atoms with E-state index in [1.165, 1.54) is 38.9 Å². The number of ether oxygens (including phenoxy) is 2. The summed E-state index contributed by atoms with van der Waals surface area (Å²) in [4.78, 5) is 17.7. The number of aliphatic imine (C=N–C) groups is 1. The maximum Gasteiger partial charge on any atom is 0.417 e. The van der Waals surface area contributed by atoms with Crippen LogP contribution in [-0.4, -0.2) is 37.1 Å². The topological polar surface area (TPSA) is 110 Å². The fourth-order valence-electron chi connectivity index (χ4n) is 4.57. The summed E-state index contributed by atoms with van der Waals surface area (Å²) in [6.45, 7) is 2.28. The van der Waals surface area contributed by atoms with Crippen LogP contribution in [0.25, 0.3) is 0 Å². The second-order valence-electron chi connectivity index (χ2n) is 8.81. The molecule has 0 bridgehead atoms. The van der Waals surface area contributed by atoms with Crippen molar-refractivity contribution in [1.29, 1.82) is 0 Å². The minimum Gasteiger partial charge on any atom is -0.492 e. The number of pyridine rings is 1. The highest BCUT2D eigenvalue weighted by Gasteiger charge is 2.33. The van der Waals surface area contributed by atoms with E-state index in [1.54, 1.807) is 30.5 Å². The van der Waals surface area contributed by atoms with Gasteiger partial charge in [0, 0.05) is 35.6 Å². The van der Waals surface area contributed by atoms with Gasteiger partial charge in [-0.3, -0.25) is 15.0 Å². The normalized spacial score (nSPS) is 20.5. The van der Waals surface area contributed by atoms with E-state index in [2.05, 4.69) is 5.32 Å². The molecule has 0 atom stereocenters. The second kappa shape index (κ2) is 10.1. The van der Waals surface area contributed by atoms with Crippen molar-refractivity contribution in [2.24, 2.45) is 16.8 Å². The van der Waals surface area contributed by atoms with Gasteiger partial charge in [-0.05, 0) is 69.4 Å². The molecule has 2 aromatic rings. The monoisotopic (exact) mass is 453 g/mol. The first-order chi connectivity index (χ1) is 16.0. The Hall–Kier alpha value is -3.29. The number of benzene rings is 1. The Morgan fingerprint density at radius 2 is 1.91 bits per heavy atom. The van der Waals surface area contributed by atoms with Gasteiger partial charge >= 0.3 is 17.5 Å². The Morgan fingerprint density at radius 1 is 1.21 bits per heavy atom. The van der Waals surface area contributed by atoms with E-state index in [0.29, 0.717) is 34.5 Å². The molecule has 1 aromatic carbocycles. The summed E-state index contributed by atoms with van der Waals surface area (Å²) in [5.41, 5.74) is 8.00. The number of nitrogens with one attached hydrogen (secondary N) is 1. The van der Waals surface area contributed by atoms with Crippen LogP contribution in [0, 0.1) is 11.8 Å². The molecule has 0 spiro atoms. The van der Waals surface area contributed by atoms with Gasteiger partial charge in [0.05, 0.1) is 30.2 Å². The van der Waals surface area contributed by atoms with Crippen LogP contribution in [0.15, 0.2) is 35.3 Å². The zero-order valence-corrected chi connectivity index (χ0v) is 19.3.